The predicted octanol–water partition coefficient (Wildman–Crippen LogP) is 1.84. The first-order chi connectivity index (χ1) is 6.66. The summed E-state index contributed by atoms with van der Waals surface area (Å²) in [6.45, 7) is 6.41. The van der Waals surface area contributed by atoms with E-state index in [0.717, 1.165) is 19.5 Å². The van der Waals surface area contributed by atoms with Gasteiger partial charge in [0.25, 0.3) is 0 Å². The van der Waals surface area contributed by atoms with Crippen molar-refractivity contribution in [1.82, 2.24) is 0 Å². The molecule has 0 aliphatic carbocycles. The van der Waals surface area contributed by atoms with Crippen molar-refractivity contribution in [3.8, 4) is 0 Å². The number of benzene rings is 1. The highest BCUT2D eigenvalue weighted by molar-refractivity contribution is 5.51. The molecular weight excluding hydrogens is 172 g/mol. The van der Waals surface area contributed by atoms with E-state index in [9.17, 15) is 0 Å². The molecule has 1 saturated heterocycles. The summed E-state index contributed by atoms with van der Waals surface area (Å²) in [7, 11) is 0. The Morgan fingerprint density at radius 1 is 1.29 bits per heavy atom. The Morgan fingerprint density at radius 3 is 2.64 bits per heavy atom. The van der Waals surface area contributed by atoms with Crippen molar-refractivity contribution in [1.29, 1.82) is 0 Å². The van der Waals surface area contributed by atoms with Gasteiger partial charge in [0.1, 0.15) is 0 Å². The second kappa shape index (κ2) is 3.62. The SMILES string of the molecule is Cc1ccc(N2CC[C@@H](N)C2)cc1C. The van der Waals surface area contributed by atoms with Crippen LogP contribution in [0, 0.1) is 13.8 Å². The molecule has 1 aliphatic heterocycles. The van der Waals surface area contributed by atoms with Crippen LogP contribution in [0.15, 0.2) is 18.2 Å². The second-order valence-corrected chi connectivity index (χ2v) is 4.26. The van der Waals surface area contributed by atoms with Crippen LogP contribution in [-0.4, -0.2) is 19.1 Å². The summed E-state index contributed by atoms with van der Waals surface area (Å²) < 4.78 is 0. The maximum absolute atomic E-state index is 5.89. The summed E-state index contributed by atoms with van der Waals surface area (Å²) in [5.41, 5.74) is 9.93. The fourth-order valence-electron chi connectivity index (χ4n) is 1.94. The summed E-state index contributed by atoms with van der Waals surface area (Å²) in [4.78, 5) is 2.37. The van der Waals surface area contributed by atoms with Crippen molar-refractivity contribution in [2.75, 3.05) is 18.0 Å². The highest BCUT2D eigenvalue weighted by atomic mass is 15.2. The fraction of sp³-hybridized carbons (Fsp3) is 0.500. The van der Waals surface area contributed by atoms with Crippen molar-refractivity contribution in [2.24, 2.45) is 5.73 Å². The van der Waals surface area contributed by atoms with Crippen LogP contribution >= 0.6 is 0 Å². The minimum Gasteiger partial charge on any atom is -0.370 e. The van der Waals surface area contributed by atoms with Crippen molar-refractivity contribution in [2.45, 2.75) is 26.3 Å². The molecule has 0 saturated carbocycles. The van der Waals surface area contributed by atoms with E-state index in [1.165, 1.54) is 16.8 Å². The van der Waals surface area contributed by atoms with Gasteiger partial charge in [0.15, 0.2) is 0 Å². The molecule has 2 nitrogen and oxygen atoms in total. The van der Waals surface area contributed by atoms with Gasteiger partial charge in [-0.25, -0.2) is 0 Å². The molecule has 0 unspecified atom stereocenters. The molecular formula is C12H18N2. The third-order valence-electron chi connectivity index (χ3n) is 3.08. The maximum Gasteiger partial charge on any atom is 0.0369 e. The number of aryl methyl sites for hydroxylation is 2. The lowest BCUT2D eigenvalue weighted by atomic mass is 10.1. The number of nitrogens with zero attached hydrogens (tertiary/aromatic N) is 1. The van der Waals surface area contributed by atoms with Crippen LogP contribution in [0.5, 0.6) is 0 Å². The molecule has 0 amide bonds. The van der Waals surface area contributed by atoms with Gasteiger partial charge < -0.3 is 10.6 Å². The summed E-state index contributed by atoms with van der Waals surface area (Å²) in [5, 5.41) is 0. The molecule has 0 radical (unpaired) electrons. The van der Waals surface area contributed by atoms with E-state index in [4.69, 9.17) is 5.73 Å². The van der Waals surface area contributed by atoms with Gasteiger partial charge in [-0.3, -0.25) is 0 Å². The van der Waals surface area contributed by atoms with E-state index < -0.39 is 0 Å². The summed E-state index contributed by atoms with van der Waals surface area (Å²) in [6.07, 6.45) is 1.12. The Morgan fingerprint density at radius 2 is 2.07 bits per heavy atom. The van der Waals surface area contributed by atoms with E-state index in [0.29, 0.717) is 6.04 Å². The van der Waals surface area contributed by atoms with Gasteiger partial charge in [-0.05, 0) is 43.5 Å². The van der Waals surface area contributed by atoms with Crippen molar-refractivity contribution < 1.29 is 0 Å². The van der Waals surface area contributed by atoms with Crippen LogP contribution < -0.4 is 10.6 Å². The zero-order valence-electron chi connectivity index (χ0n) is 8.96. The maximum atomic E-state index is 5.89. The minimum absolute atomic E-state index is 0.358. The third kappa shape index (κ3) is 1.75. The first-order valence-electron chi connectivity index (χ1n) is 5.24. The molecule has 76 valence electrons. The van der Waals surface area contributed by atoms with Crippen LogP contribution in [0.4, 0.5) is 5.69 Å². The smallest absolute Gasteiger partial charge is 0.0369 e. The van der Waals surface area contributed by atoms with Crippen LogP contribution in [-0.2, 0) is 0 Å². The normalized spacial score (nSPS) is 21.6. The molecule has 1 aromatic carbocycles. The van der Waals surface area contributed by atoms with Crippen LogP contribution in [0.25, 0.3) is 0 Å². The monoisotopic (exact) mass is 190 g/mol. The predicted molar refractivity (Wildman–Crippen MR) is 60.7 cm³/mol. The van der Waals surface area contributed by atoms with E-state index in [1.54, 1.807) is 0 Å². The first kappa shape index (κ1) is 9.53. The Hall–Kier alpha value is -1.02. The lowest BCUT2D eigenvalue weighted by Gasteiger charge is -2.19. The van der Waals surface area contributed by atoms with E-state index in [-0.39, 0.29) is 0 Å². The number of anilines is 1. The summed E-state index contributed by atoms with van der Waals surface area (Å²) >= 11 is 0. The van der Waals surface area contributed by atoms with Gasteiger partial charge in [0.2, 0.25) is 0 Å². The zero-order valence-corrected chi connectivity index (χ0v) is 8.96. The van der Waals surface area contributed by atoms with E-state index in [1.807, 2.05) is 0 Å². The molecule has 1 atom stereocenters. The average Bonchev–Trinajstić information content (AvgIpc) is 2.57. The Kier molecular flexibility index (Phi) is 2.46. The molecule has 1 aromatic rings. The molecule has 0 bridgehead atoms. The lowest BCUT2D eigenvalue weighted by Crippen LogP contribution is -2.26. The average molecular weight is 190 g/mol. The number of nitrogens with two attached hydrogens (primary N) is 1. The molecule has 2 rings (SSSR count). The summed E-state index contributed by atoms with van der Waals surface area (Å²) in [6, 6.07) is 7.00. The first-order valence-corrected chi connectivity index (χ1v) is 5.24. The quantitative estimate of drug-likeness (QED) is 0.732. The van der Waals surface area contributed by atoms with Gasteiger partial charge >= 0.3 is 0 Å². The Bertz CT molecular complexity index is 333. The molecule has 1 fully saturated rings. The van der Waals surface area contributed by atoms with Crippen LogP contribution in [0.2, 0.25) is 0 Å². The van der Waals surface area contributed by atoms with Crippen LogP contribution in [0.3, 0.4) is 0 Å². The molecule has 14 heavy (non-hydrogen) atoms. The highest BCUT2D eigenvalue weighted by Crippen LogP contribution is 2.22. The van der Waals surface area contributed by atoms with Crippen molar-refractivity contribution in [3.63, 3.8) is 0 Å². The third-order valence-corrected chi connectivity index (χ3v) is 3.08. The topological polar surface area (TPSA) is 29.3 Å². The minimum atomic E-state index is 0.358. The number of hydrogen-bond acceptors (Lipinski definition) is 2. The molecule has 2 heteroatoms. The number of hydrogen-bond donors (Lipinski definition) is 1. The van der Waals surface area contributed by atoms with Crippen molar-refractivity contribution in [3.05, 3.63) is 29.3 Å². The summed E-state index contributed by atoms with van der Waals surface area (Å²) in [5.74, 6) is 0. The van der Waals surface area contributed by atoms with Crippen molar-refractivity contribution >= 4 is 5.69 Å². The lowest BCUT2D eigenvalue weighted by molar-refractivity contribution is 0.752. The van der Waals surface area contributed by atoms with Gasteiger partial charge in [0.05, 0.1) is 0 Å². The van der Waals surface area contributed by atoms with Gasteiger partial charge in [0, 0.05) is 24.8 Å². The molecule has 1 aliphatic rings. The van der Waals surface area contributed by atoms with E-state index in [2.05, 4.69) is 36.9 Å². The molecule has 1 heterocycles. The largest absolute Gasteiger partial charge is 0.370 e. The molecule has 0 aromatic heterocycles. The standard InChI is InChI=1S/C12H18N2/c1-9-3-4-12(7-10(9)2)14-6-5-11(13)8-14/h3-4,7,11H,5-6,8,13H2,1-2H3/t11-/m1/s1. The second-order valence-electron chi connectivity index (χ2n) is 4.26. The molecule has 0 spiro atoms. The zero-order chi connectivity index (χ0) is 10.1. The fourth-order valence-corrected chi connectivity index (χ4v) is 1.94. The molecule has 2 N–H and O–H groups in total. The van der Waals surface area contributed by atoms with E-state index >= 15 is 0 Å². The van der Waals surface area contributed by atoms with Gasteiger partial charge in [-0.2, -0.15) is 0 Å². The Balaban J connectivity index is 2.20. The van der Waals surface area contributed by atoms with Gasteiger partial charge in [-0.15, -0.1) is 0 Å². The van der Waals surface area contributed by atoms with Gasteiger partial charge in [-0.1, -0.05) is 6.07 Å². The van der Waals surface area contributed by atoms with Crippen LogP contribution in [0.1, 0.15) is 17.5 Å². The Labute approximate surface area is 85.7 Å². The highest BCUT2D eigenvalue weighted by Gasteiger charge is 2.19. The number of rotatable bonds is 1.